The Balaban J connectivity index is 2.03. The molecule has 100 valence electrons. The van der Waals surface area contributed by atoms with E-state index in [4.69, 9.17) is 29.0 Å². The van der Waals surface area contributed by atoms with Gasteiger partial charge in [-0.15, -0.1) is 0 Å². The second kappa shape index (κ2) is 6.25. The first-order valence-corrected chi connectivity index (χ1v) is 7.25. The van der Waals surface area contributed by atoms with Gasteiger partial charge in [0.25, 0.3) is 0 Å². The molecule has 0 heterocycles. The van der Waals surface area contributed by atoms with Gasteiger partial charge in [0.15, 0.2) is 0 Å². The lowest BCUT2D eigenvalue weighted by atomic mass is 9.92. The lowest BCUT2D eigenvalue weighted by Gasteiger charge is -2.23. The maximum absolute atomic E-state index is 6.04. The molecule has 0 aliphatic heterocycles. The van der Waals surface area contributed by atoms with Gasteiger partial charge in [0.05, 0.1) is 10.0 Å². The molecule has 0 spiro atoms. The van der Waals surface area contributed by atoms with Crippen LogP contribution in [-0.2, 0) is 6.42 Å². The van der Waals surface area contributed by atoms with Gasteiger partial charge < -0.3 is 0 Å². The molecule has 4 heteroatoms. The van der Waals surface area contributed by atoms with E-state index in [1.165, 1.54) is 24.8 Å². The first kappa shape index (κ1) is 14.1. The predicted molar refractivity (Wildman–Crippen MR) is 77.8 cm³/mol. The zero-order chi connectivity index (χ0) is 13.1. The Morgan fingerprint density at radius 3 is 2.67 bits per heavy atom. The lowest BCUT2D eigenvalue weighted by Crippen LogP contribution is -2.41. The molecule has 1 saturated carbocycles. The van der Waals surface area contributed by atoms with Crippen molar-refractivity contribution in [2.45, 2.75) is 38.6 Å². The summed E-state index contributed by atoms with van der Waals surface area (Å²) in [5.74, 6) is 7.19. The van der Waals surface area contributed by atoms with Crippen molar-refractivity contribution in [3.05, 3.63) is 33.8 Å². The van der Waals surface area contributed by atoms with Crippen molar-refractivity contribution in [2.75, 3.05) is 0 Å². The van der Waals surface area contributed by atoms with E-state index in [0.29, 0.717) is 22.0 Å². The van der Waals surface area contributed by atoms with Crippen LogP contribution in [0.4, 0.5) is 0 Å². The molecule has 0 radical (unpaired) electrons. The Bertz CT molecular complexity index is 409. The lowest BCUT2D eigenvalue weighted by molar-refractivity contribution is 0.353. The monoisotopic (exact) mass is 286 g/mol. The fourth-order valence-corrected chi connectivity index (χ4v) is 3.22. The first-order valence-electron chi connectivity index (χ1n) is 6.50. The van der Waals surface area contributed by atoms with Crippen LogP contribution in [0.5, 0.6) is 0 Å². The van der Waals surface area contributed by atoms with Crippen LogP contribution in [0.2, 0.25) is 10.0 Å². The second-order valence-electron chi connectivity index (χ2n) is 5.40. The van der Waals surface area contributed by atoms with Gasteiger partial charge in [-0.25, -0.2) is 0 Å². The van der Waals surface area contributed by atoms with E-state index in [-0.39, 0.29) is 0 Å². The Labute approximate surface area is 119 Å². The van der Waals surface area contributed by atoms with Crippen LogP contribution in [0.25, 0.3) is 0 Å². The molecule has 1 aliphatic rings. The van der Waals surface area contributed by atoms with E-state index in [0.717, 1.165) is 12.3 Å². The van der Waals surface area contributed by atoms with Gasteiger partial charge in [-0.3, -0.25) is 11.3 Å². The summed E-state index contributed by atoms with van der Waals surface area (Å²) in [4.78, 5) is 0. The third kappa shape index (κ3) is 3.39. The van der Waals surface area contributed by atoms with E-state index in [1.54, 1.807) is 0 Å². The second-order valence-corrected chi connectivity index (χ2v) is 6.22. The molecule has 1 fully saturated rings. The number of hydrazine groups is 1. The van der Waals surface area contributed by atoms with Gasteiger partial charge in [-0.1, -0.05) is 42.6 Å². The van der Waals surface area contributed by atoms with Crippen molar-refractivity contribution >= 4 is 23.2 Å². The number of hydrogen-bond acceptors (Lipinski definition) is 2. The summed E-state index contributed by atoms with van der Waals surface area (Å²) in [6.45, 7) is 2.31. The Hall–Kier alpha value is -0.280. The number of benzene rings is 1. The van der Waals surface area contributed by atoms with E-state index in [2.05, 4.69) is 12.3 Å². The van der Waals surface area contributed by atoms with Crippen molar-refractivity contribution in [1.82, 2.24) is 5.43 Å². The fourth-order valence-electron chi connectivity index (χ4n) is 2.90. The molecular formula is C14H20Cl2N2. The fraction of sp³-hybridized carbons (Fsp3) is 0.571. The van der Waals surface area contributed by atoms with Crippen molar-refractivity contribution in [3.8, 4) is 0 Å². The Morgan fingerprint density at radius 1 is 1.33 bits per heavy atom. The largest absolute Gasteiger partial charge is 0.271 e. The van der Waals surface area contributed by atoms with Crippen molar-refractivity contribution in [3.63, 3.8) is 0 Å². The number of nitrogens with one attached hydrogen (secondary N) is 1. The van der Waals surface area contributed by atoms with Gasteiger partial charge in [-0.2, -0.15) is 0 Å². The summed E-state index contributed by atoms with van der Waals surface area (Å²) >= 11 is 12.0. The maximum atomic E-state index is 6.04. The molecule has 1 aromatic rings. The number of hydrogen-bond donors (Lipinski definition) is 2. The molecule has 0 amide bonds. The van der Waals surface area contributed by atoms with Crippen LogP contribution < -0.4 is 11.3 Å². The van der Waals surface area contributed by atoms with Crippen LogP contribution in [-0.4, -0.2) is 6.04 Å². The standard InChI is InChI=1S/C14H20Cl2N2/c1-9-2-4-11(6-9)14(18-17)8-10-3-5-12(15)13(16)7-10/h3,5,7,9,11,14,18H,2,4,6,8,17H2,1H3. The van der Waals surface area contributed by atoms with Gasteiger partial charge in [-0.05, 0) is 48.8 Å². The van der Waals surface area contributed by atoms with Crippen LogP contribution in [0.1, 0.15) is 31.7 Å². The van der Waals surface area contributed by atoms with E-state index in [1.807, 2.05) is 18.2 Å². The summed E-state index contributed by atoms with van der Waals surface area (Å²) in [6, 6.07) is 6.14. The molecule has 18 heavy (non-hydrogen) atoms. The van der Waals surface area contributed by atoms with Crippen molar-refractivity contribution in [2.24, 2.45) is 17.7 Å². The first-order chi connectivity index (χ1) is 8.60. The molecule has 3 atom stereocenters. The molecule has 0 saturated heterocycles. The molecule has 0 aromatic heterocycles. The summed E-state index contributed by atoms with van der Waals surface area (Å²) in [5.41, 5.74) is 4.16. The maximum Gasteiger partial charge on any atom is 0.0595 e. The smallest absolute Gasteiger partial charge is 0.0595 e. The molecule has 3 N–H and O–H groups in total. The third-order valence-corrected chi connectivity index (χ3v) is 4.70. The minimum Gasteiger partial charge on any atom is -0.271 e. The van der Waals surface area contributed by atoms with Crippen LogP contribution in [0.15, 0.2) is 18.2 Å². The van der Waals surface area contributed by atoms with Crippen LogP contribution in [0, 0.1) is 11.8 Å². The molecule has 1 aliphatic carbocycles. The molecule has 3 unspecified atom stereocenters. The molecular weight excluding hydrogens is 267 g/mol. The minimum atomic E-state index is 0.326. The number of halogens is 2. The summed E-state index contributed by atoms with van der Waals surface area (Å²) < 4.78 is 0. The molecule has 2 nitrogen and oxygen atoms in total. The Kier molecular flexibility index (Phi) is 4.91. The number of rotatable bonds is 4. The van der Waals surface area contributed by atoms with Crippen LogP contribution >= 0.6 is 23.2 Å². The SMILES string of the molecule is CC1CCC(C(Cc2ccc(Cl)c(Cl)c2)NN)C1. The van der Waals surface area contributed by atoms with E-state index >= 15 is 0 Å². The summed E-state index contributed by atoms with van der Waals surface area (Å²) in [6.07, 6.45) is 4.74. The number of nitrogens with two attached hydrogens (primary N) is 1. The van der Waals surface area contributed by atoms with Gasteiger partial charge in [0.2, 0.25) is 0 Å². The summed E-state index contributed by atoms with van der Waals surface area (Å²) in [7, 11) is 0. The highest BCUT2D eigenvalue weighted by Crippen LogP contribution is 2.34. The highest BCUT2D eigenvalue weighted by atomic mass is 35.5. The topological polar surface area (TPSA) is 38.0 Å². The normalized spacial score (nSPS) is 25.3. The zero-order valence-electron chi connectivity index (χ0n) is 10.6. The van der Waals surface area contributed by atoms with Crippen molar-refractivity contribution in [1.29, 1.82) is 0 Å². The highest BCUT2D eigenvalue weighted by Gasteiger charge is 2.28. The van der Waals surface area contributed by atoms with E-state index < -0.39 is 0 Å². The van der Waals surface area contributed by atoms with Gasteiger partial charge in [0, 0.05) is 6.04 Å². The highest BCUT2D eigenvalue weighted by molar-refractivity contribution is 6.42. The quantitative estimate of drug-likeness (QED) is 0.653. The van der Waals surface area contributed by atoms with Gasteiger partial charge in [0.1, 0.15) is 0 Å². The zero-order valence-corrected chi connectivity index (χ0v) is 12.1. The predicted octanol–water partition coefficient (Wildman–Crippen LogP) is 3.80. The van der Waals surface area contributed by atoms with Gasteiger partial charge >= 0.3 is 0 Å². The molecule has 1 aromatic carbocycles. The minimum absolute atomic E-state index is 0.326. The Morgan fingerprint density at radius 2 is 2.11 bits per heavy atom. The average Bonchev–Trinajstić information content (AvgIpc) is 2.77. The van der Waals surface area contributed by atoms with Crippen LogP contribution in [0.3, 0.4) is 0 Å². The molecule has 0 bridgehead atoms. The van der Waals surface area contributed by atoms with Crippen molar-refractivity contribution < 1.29 is 0 Å². The third-order valence-electron chi connectivity index (χ3n) is 3.96. The summed E-state index contributed by atoms with van der Waals surface area (Å²) in [5, 5.41) is 1.22. The molecule has 2 rings (SSSR count). The average molecular weight is 287 g/mol. The van der Waals surface area contributed by atoms with E-state index in [9.17, 15) is 0 Å².